The predicted octanol–water partition coefficient (Wildman–Crippen LogP) is 4.58. The number of amides is 1. The fraction of sp³-hybridized carbons (Fsp3) is 0.375. The van der Waals surface area contributed by atoms with Gasteiger partial charge in [-0.1, -0.05) is 66.7 Å². The summed E-state index contributed by atoms with van der Waals surface area (Å²) in [6, 6.07) is 24.2. The van der Waals surface area contributed by atoms with Gasteiger partial charge >= 0.3 is 5.97 Å². The number of aliphatic hydroxyl groups excluding tert-OH is 2. The van der Waals surface area contributed by atoms with Crippen molar-refractivity contribution in [2.75, 3.05) is 18.9 Å². The third-order valence-corrected chi connectivity index (χ3v) is 7.41. The molecule has 0 unspecified atom stereocenters. The maximum absolute atomic E-state index is 12.2. The van der Waals surface area contributed by atoms with Crippen molar-refractivity contribution >= 4 is 17.6 Å². The molecular formula is C32H38N2O7. The number of anilines is 1. The predicted molar refractivity (Wildman–Crippen MR) is 154 cm³/mol. The Morgan fingerprint density at radius 1 is 0.976 bits per heavy atom. The summed E-state index contributed by atoms with van der Waals surface area (Å²) in [4.78, 5) is 25.1. The number of likely N-dealkylation sites (N-methyl/N-ethyl adjacent to an activating group) is 1. The third-order valence-electron chi connectivity index (χ3n) is 7.41. The molecule has 1 fully saturated rings. The molecule has 0 aliphatic carbocycles. The highest BCUT2D eigenvalue weighted by Crippen LogP contribution is 2.39. The van der Waals surface area contributed by atoms with E-state index in [0.717, 1.165) is 16.7 Å². The van der Waals surface area contributed by atoms with Gasteiger partial charge in [0.05, 0.1) is 31.3 Å². The number of nitrogens with one attached hydrogen (secondary N) is 1. The largest absolute Gasteiger partial charge is 0.481 e. The molecule has 0 radical (unpaired) electrons. The van der Waals surface area contributed by atoms with E-state index in [4.69, 9.17) is 14.6 Å². The van der Waals surface area contributed by atoms with Crippen LogP contribution in [-0.4, -0.2) is 57.8 Å². The van der Waals surface area contributed by atoms with Gasteiger partial charge in [0.25, 0.3) is 0 Å². The van der Waals surface area contributed by atoms with Gasteiger partial charge in [0, 0.05) is 36.7 Å². The van der Waals surface area contributed by atoms with Crippen molar-refractivity contribution < 1.29 is 34.4 Å². The Hall–Kier alpha value is -3.60. The lowest BCUT2D eigenvalue weighted by atomic mass is 9.98. The quantitative estimate of drug-likeness (QED) is 0.253. The Labute approximate surface area is 240 Å². The number of aliphatic carboxylic acids is 1. The molecule has 0 saturated carbocycles. The summed E-state index contributed by atoms with van der Waals surface area (Å²) in [7, 11) is 1.96. The van der Waals surface area contributed by atoms with Crippen molar-refractivity contribution in [3.63, 3.8) is 0 Å². The van der Waals surface area contributed by atoms with Crippen molar-refractivity contribution in [2.45, 2.75) is 63.4 Å². The van der Waals surface area contributed by atoms with Crippen molar-refractivity contribution in [1.82, 2.24) is 4.90 Å². The summed E-state index contributed by atoms with van der Waals surface area (Å²) < 4.78 is 12.9. The number of benzene rings is 3. The van der Waals surface area contributed by atoms with Crippen molar-refractivity contribution in [3.8, 4) is 0 Å². The molecule has 1 amide bonds. The second kappa shape index (κ2) is 14.3. The number of carboxylic acid groups (broad SMARTS) is 1. The lowest BCUT2D eigenvalue weighted by molar-refractivity contribution is -0.253. The van der Waals surface area contributed by atoms with Crippen LogP contribution in [0.25, 0.3) is 0 Å². The first-order valence-corrected chi connectivity index (χ1v) is 13.8. The molecule has 3 aromatic rings. The fourth-order valence-corrected chi connectivity index (χ4v) is 4.90. The van der Waals surface area contributed by atoms with E-state index in [1.54, 1.807) is 18.2 Å². The lowest BCUT2D eigenvalue weighted by Gasteiger charge is -2.39. The van der Waals surface area contributed by atoms with Crippen LogP contribution in [-0.2, 0) is 25.7 Å². The zero-order valence-corrected chi connectivity index (χ0v) is 23.3. The van der Waals surface area contributed by atoms with Gasteiger partial charge in [-0.2, -0.15) is 0 Å². The second-order valence-electron chi connectivity index (χ2n) is 10.5. The summed E-state index contributed by atoms with van der Waals surface area (Å²) >= 11 is 0. The SMILES string of the molecule is C[C@H]([C@@H](O)c1ccccc1)N(C)C[C@@H]1C[C@H](c2ccc(CO)cc2)O[C@H](c2cccc(NC(=O)CCC(=O)O)c2)O1. The van der Waals surface area contributed by atoms with Gasteiger partial charge in [0.1, 0.15) is 0 Å². The molecule has 9 heteroatoms. The monoisotopic (exact) mass is 562 g/mol. The molecule has 1 aliphatic rings. The normalized spacial score (nSPS) is 20.4. The number of hydrogen-bond donors (Lipinski definition) is 4. The van der Waals surface area contributed by atoms with E-state index in [2.05, 4.69) is 10.2 Å². The number of carbonyl (C=O) groups excluding carboxylic acids is 1. The third kappa shape index (κ3) is 8.45. The second-order valence-corrected chi connectivity index (χ2v) is 10.5. The van der Waals surface area contributed by atoms with Crippen LogP contribution < -0.4 is 5.32 Å². The Morgan fingerprint density at radius 3 is 2.39 bits per heavy atom. The molecule has 41 heavy (non-hydrogen) atoms. The average molecular weight is 563 g/mol. The maximum atomic E-state index is 12.2. The van der Waals surface area contributed by atoms with Gasteiger partial charge in [-0.3, -0.25) is 14.5 Å². The van der Waals surface area contributed by atoms with Crippen molar-refractivity contribution in [2.24, 2.45) is 0 Å². The number of nitrogens with zero attached hydrogens (tertiary/aromatic N) is 1. The highest BCUT2D eigenvalue weighted by molar-refractivity contribution is 5.92. The van der Waals surface area contributed by atoms with Crippen LogP contribution in [0.4, 0.5) is 5.69 Å². The van der Waals surface area contributed by atoms with Crippen LogP contribution in [0, 0.1) is 0 Å². The molecule has 3 aromatic carbocycles. The first-order chi connectivity index (χ1) is 19.7. The fourth-order valence-electron chi connectivity index (χ4n) is 4.90. The van der Waals surface area contributed by atoms with Crippen LogP contribution in [0.5, 0.6) is 0 Å². The van der Waals surface area contributed by atoms with Gasteiger partial charge in [-0.25, -0.2) is 0 Å². The highest BCUT2D eigenvalue weighted by atomic mass is 16.7. The number of aliphatic hydroxyl groups is 2. The van der Waals surface area contributed by atoms with Crippen molar-refractivity contribution in [1.29, 1.82) is 0 Å². The summed E-state index contributed by atoms with van der Waals surface area (Å²) in [6.45, 7) is 2.48. The van der Waals surface area contributed by atoms with E-state index in [1.807, 2.05) is 74.6 Å². The molecule has 1 heterocycles. The zero-order chi connectivity index (χ0) is 29.4. The van der Waals surface area contributed by atoms with E-state index >= 15 is 0 Å². The first kappa shape index (κ1) is 30.4. The van der Waals surface area contributed by atoms with Crippen LogP contribution in [0.3, 0.4) is 0 Å². The first-order valence-electron chi connectivity index (χ1n) is 13.8. The van der Waals surface area contributed by atoms with Gasteiger partial charge in [0.2, 0.25) is 5.91 Å². The minimum absolute atomic E-state index is 0.0441. The molecular weight excluding hydrogens is 524 g/mol. The Morgan fingerprint density at radius 2 is 1.71 bits per heavy atom. The number of ether oxygens (including phenoxy) is 2. The minimum atomic E-state index is -1.03. The topological polar surface area (TPSA) is 129 Å². The molecule has 218 valence electrons. The van der Waals surface area contributed by atoms with Gasteiger partial charge in [-0.15, -0.1) is 0 Å². The maximum Gasteiger partial charge on any atom is 0.303 e. The Kier molecular flexibility index (Phi) is 10.6. The molecule has 9 nitrogen and oxygen atoms in total. The summed E-state index contributed by atoms with van der Waals surface area (Å²) in [5, 5.41) is 32.0. The van der Waals surface area contributed by atoms with Crippen LogP contribution in [0.1, 0.15) is 66.9 Å². The van der Waals surface area contributed by atoms with Crippen LogP contribution >= 0.6 is 0 Å². The number of hydrogen-bond acceptors (Lipinski definition) is 7. The Balaban J connectivity index is 1.52. The Bertz CT molecular complexity index is 1280. The number of rotatable bonds is 12. The van der Waals surface area contributed by atoms with E-state index in [0.29, 0.717) is 24.2 Å². The van der Waals surface area contributed by atoms with Gasteiger partial charge in [0.15, 0.2) is 6.29 Å². The summed E-state index contributed by atoms with van der Waals surface area (Å²) in [6.07, 6.45) is -1.70. The smallest absolute Gasteiger partial charge is 0.303 e. The van der Waals surface area contributed by atoms with Crippen molar-refractivity contribution in [3.05, 3.63) is 101 Å². The molecule has 0 bridgehead atoms. The molecule has 0 aromatic heterocycles. The average Bonchev–Trinajstić information content (AvgIpc) is 2.99. The minimum Gasteiger partial charge on any atom is -0.481 e. The molecule has 4 N–H and O–H groups in total. The number of carboxylic acids is 1. The molecule has 0 spiro atoms. The molecule has 1 saturated heterocycles. The molecule has 5 atom stereocenters. The summed E-state index contributed by atoms with van der Waals surface area (Å²) in [5.41, 5.74) is 3.85. The highest BCUT2D eigenvalue weighted by Gasteiger charge is 2.34. The molecule has 1 aliphatic heterocycles. The summed E-state index contributed by atoms with van der Waals surface area (Å²) in [5.74, 6) is -1.42. The molecule has 4 rings (SSSR count). The number of carbonyl (C=O) groups is 2. The van der Waals surface area contributed by atoms with E-state index < -0.39 is 18.4 Å². The van der Waals surface area contributed by atoms with Gasteiger partial charge in [-0.05, 0) is 42.8 Å². The van der Waals surface area contributed by atoms with Gasteiger partial charge < -0.3 is 30.1 Å². The van der Waals surface area contributed by atoms with Crippen LogP contribution in [0.2, 0.25) is 0 Å². The van der Waals surface area contributed by atoms with E-state index in [-0.39, 0.29) is 43.6 Å². The lowest BCUT2D eigenvalue weighted by Crippen LogP contribution is -2.43. The van der Waals surface area contributed by atoms with E-state index in [9.17, 15) is 19.8 Å². The zero-order valence-electron chi connectivity index (χ0n) is 23.3. The standard InChI is InChI=1S/C32H38N2O7/c1-21(31(39)24-7-4-3-5-8-24)34(2)19-27-18-28(23-13-11-22(20-35)12-14-23)41-32(40-27)25-9-6-10-26(17-25)33-29(36)15-16-30(37)38/h3-14,17,21,27-28,31-32,35,39H,15-16,18-20H2,1-2H3,(H,33,36)(H,37,38)/t21-,27+,28-,31-,32-/m1/s1. The van der Waals surface area contributed by atoms with Crippen LogP contribution in [0.15, 0.2) is 78.9 Å². The van der Waals surface area contributed by atoms with E-state index in [1.165, 1.54) is 0 Å².